The molecule has 0 amide bonds. The molecule has 1 aromatic carbocycles. The fourth-order valence-electron chi connectivity index (χ4n) is 4.90. The highest BCUT2D eigenvalue weighted by Crippen LogP contribution is 2.25. The summed E-state index contributed by atoms with van der Waals surface area (Å²) < 4.78 is 21.5. The van der Waals surface area contributed by atoms with Crippen molar-refractivity contribution in [3.8, 4) is 17.1 Å². The monoisotopic (exact) mass is 481 g/mol. The first-order chi connectivity index (χ1) is 17.7. The second kappa shape index (κ2) is 9.66. The number of nitrogens with one attached hydrogen (secondary N) is 1. The Hall–Kier alpha value is -3.84. The van der Waals surface area contributed by atoms with Gasteiger partial charge in [0.1, 0.15) is 5.82 Å². The fourth-order valence-corrected chi connectivity index (χ4v) is 4.90. The number of nitrogens with zero attached hydrogens (tertiary/aromatic N) is 4. The van der Waals surface area contributed by atoms with Crippen molar-refractivity contribution < 1.29 is 9.13 Å². The van der Waals surface area contributed by atoms with Crippen LogP contribution in [0.3, 0.4) is 0 Å². The summed E-state index contributed by atoms with van der Waals surface area (Å²) in [6.45, 7) is 3.43. The molecule has 2 aliphatic carbocycles. The molecule has 2 aromatic rings. The van der Waals surface area contributed by atoms with Gasteiger partial charge in [-0.3, -0.25) is 9.98 Å². The number of fused-ring (bicyclic) bond motifs is 2. The van der Waals surface area contributed by atoms with E-state index in [1.165, 1.54) is 12.1 Å². The number of rotatable bonds is 4. The van der Waals surface area contributed by atoms with Gasteiger partial charge in [0, 0.05) is 25.1 Å². The largest absolute Gasteiger partial charge is 0.381 e. The highest BCUT2D eigenvalue weighted by molar-refractivity contribution is 5.71. The number of halogens is 1. The Morgan fingerprint density at radius 2 is 1.83 bits per heavy atom. The molecule has 36 heavy (non-hydrogen) atoms. The van der Waals surface area contributed by atoms with Gasteiger partial charge in [0.2, 0.25) is 0 Å². The third-order valence-electron chi connectivity index (χ3n) is 6.79. The smallest absolute Gasteiger partial charge is 0.123 e. The number of pyridine rings is 1. The Balaban J connectivity index is 1.63. The molecule has 1 fully saturated rings. The second-order valence-electron chi connectivity index (χ2n) is 9.27. The van der Waals surface area contributed by atoms with Gasteiger partial charge in [-0.1, -0.05) is 12.2 Å². The van der Waals surface area contributed by atoms with Gasteiger partial charge in [0.05, 0.1) is 50.6 Å². The molecule has 0 bridgehead atoms. The maximum atomic E-state index is 13.8. The number of ether oxygens (including phenoxy) is 1. The van der Waals surface area contributed by atoms with Gasteiger partial charge in [-0.15, -0.1) is 0 Å². The van der Waals surface area contributed by atoms with E-state index in [9.17, 15) is 4.39 Å². The third kappa shape index (κ3) is 4.42. The molecular weight excluding hydrogens is 453 g/mol. The molecule has 1 saturated heterocycles. The van der Waals surface area contributed by atoms with Crippen molar-refractivity contribution >= 4 is 23.5 Å². The molecule has 7 heteroatoms. The summed E-state index contributed by atoms with van der Waals surface area (Å²) in [6.07, 6.45) is 9.87. The average Bonchev–Trinajstić information content (AvgIpc) is 2.90. The number of anilines is 2. The van der Waals surface area contributed by atoms with Gasteiger partial charge in [0.15, 0.2) is 0 Å². The minimum absolute atomic E-state index is 0.191. The SMILES string of the molecule is Cc1ncccc1Nc1cc2nc3c(n(-c4ccc(F)cc4)c-2cc1=NC1CCOCC1)=CCCC=3. The molecule has 1 N–H and O–H groups in total. The Labute approximate surface area is 208 Å². The number of aromatic nitrogens is 3. The van der Waals surface area contributed by atoms with E-state index in [2.05, 4.69) is 39.2 Å². The minimum Gasteiger partial charge on any atom is -0.381 e. The summed E-state index contributed by atoms with van der Waals surface area (Å²) in [5, 5.41) is 6.40. The first-order valence-corrected chi connectivity index (χ1v) is 12.5. The molecule has 2 aliphatic heterocycles. The van der Waals surface area contributed by atoms with Crippen molar-refractivity contribution in [3.05, 3.63) is 82.3 Å². The van der Waals surface area contributed by atoms with E-state index in [1.54, 1.807) is 6.20 Å². The molecule has 182 valence electrons. The van der Waals surface area contributed by atoms with Crippen molar-refractivity contribution in [2.24, 2.45) is 4.99 Å². The maximum Gasteiger partial charge on any atom is 0.123 e. The Kier molecular flexibility index (Phi) is 6.07. The van der Waals surface area contributed by atoms with Crippen LogP contribution in [0.4, 0.5) is 15.8 Å². The first-order valence-electron chi connectivity index (χ1n) is 12.5. The highest BCUT2D eigenvalue weighted by atomic mass is 19.1. The van der Waals surface area contributed by atoms with E-state index in [4.69, 9.17) is 14.7 Å². The summed E-state index contributed by atoms with van der Waals surface area (Å²) in [7, 11) is 0. The normalized spacial score (nSPS) is 16.3. The molecule has 0 spiro atoms. The predicted molar refractivity (Wildman–Crippen MR) is 139 cm³/mol. The number of benzene rings is 2. The third-order valence-corrected chi connectivity index (χ3v) is 6.79. The minimum atomic E-state index is -0.254. The molecule has 0 unspecified atom stereocenters. The molecule has 6 nitrogen and oxygen atoms in total. The summed E-state index contributed by atoms with van der Waals surface area (Å²) in [5.41, 5.74) is 5.42. The molecule has 0 radical (unpaired) electrons. The molecule has 4 aliphatic rings. The van der Waals surface area contributed by atoms with Crippen LogP contribution in [0.25, 0.3) is 29.2 Å². The Morgan fingerprint density at radius 3 is 2.64 bits per heavy atom. The lowest BCUT2D eigenvalue weighted by Crippen LogP contribution is -2.40. The van der Waals surface area contributed by atoms with Gasteiger partial charge in [-0.05, 0) is 81.1 Å². The van der Waals surface area contributed by atoms with Crippen LogP contribution >= 0.6 is 0 Å². The van der Waals surface area contributed by atoms with E-state index < -0.39 is 0 Å². The number of hydrogen-bond donors (Lipinski definition) is 1. The predicted octanol–water partition coefficient (Wildman–Crippen LogP) is 4.00. The summed E-state index contributed by atoms with van der Waals surface area (Å²) in [6, 6.07) is 15.0. The molecule has 1 aromatic heterocycles. The first kappa shape index (κ1) is 22.6. The zero-order valence-corrected chi connectivity index (χ0v) is 20.2. The van der Waals surface area contributed by atoms with E-state index in [1.807, 2.05) is 31.2 Å². The van der Waals surface area contributed by atoms with E-state index >= 15 is 0 Å². The van der Waals surface area contributed by atoms with Crippen LogP contribution in [0, 0.1) is 12.7 Å². The zero-order valence-electron chi connectivity index (χ0n) is 20.2. The van der Waals surface area contributed by atoms with Crippen molar-refractivity contribution in [3.63, 3.8) is 0 Å². The fraction of sp³-hybridized carbons (Fsp3) is 0.276. The van der Waals surface area contributed by atoms with Crippen molar-refractivity contribution in [2.45, 2.75) is 38.6 Å². The molecule has 3 heterocycles. The summed E-state index contributed by atoms with van der Waals surface area (Å²) in [5.74, 6) is -0.254. The lowest BCUT2D eigenvalue weighted by atomic mass is 10.1. The molecule has 0 atom stereocenters. The quantitative estimate of drug-likeness (QED) is 0.479. The molecular formula is C29H28FN5O. The molecule has 6 rings (SSSR count). The van der Waals surface area contributed by atoms with Crippen LogP contribution in [-0.2, 0) is 4.74 Å². The van der Waals surface area contributed by atoms with Crippen LogP contribution < -0.4 is 21.4 Å². The lowest BCUT2D eigenvalue weighted by Gasteiger charge is -2.22. The highest BCUT2D eigenvalue weighted by Gasteiger charge is 2.18. The van der Waals surface area contributed by atoms with Crippen LogP contribution in [-0.4, -0.2) is 33.8 Å². The van der Waals surface area contributed by atoms with Crippen LogP contribution in [0.15, 0.2) is 59.7 Å². The van der Waals surface area contributed by atoms with Crippen LogP contribution in [0.2, 0.25) is 0 Å². The second-order valence-corrected chi connectivity index (χ2v) is 9.27. The van der Waals surface area contributed by atoms with Crippen molar-refractivity contribution in [1.82, 2.24) is 14.5 Å². The van der Waals surface area contributed by atoms with Gasteiger partial charge >= 0.3 is 0 Å². The van der Waals surface area contributed by atoms with E-state index in [0.29, 0.717) is 0 Å². The summed E-state index contributed by atoms with van der Waals surface area (Å²) in [4.78, 5) is 14.6. The number of hydrogen-bond acceptors (Lipinski definition) is 5. The van der Waals surface area contributed by atoms with Crippen molar-refractivity contribution in [1.29, 1.82) is 0 Å². The Bertz CT molecular complexity index is 1570. The average molecular weight is 482 g/mol. The van der Waals surface area contributed by atoms with Gasteiger partial charge < -0.3 is 14.6 Å². The zero-order chi connectivity index (χ0) is 24.5. The van der Waals surface area contributed by atoms with Gasteiger partial charge in [-0.25, -0.2) is 9.37 Å². The Morgan fingerprint density at radius 1 is 1.03 bits per heavy atom. The van der Waals surface area contributed by atoms with Crippen molar-refractivity contribution in [2.75, 3.05) is 18.5 Å². The van der Waals surface area contributed by atoms with Crippen LogP contribution in [0.1, 0.15) is 31.4 Å². The van der Waals surface area contributed by atoms with E-state index in [0.717, 1.165) is 89.1 Å². The lowest BCUT2D eigenvalue weighted by molar-refractivity contribution is 0.0864. The van der Waals surface area contributed by atoms with Gasteiger partial charge in [0.25, 0.3) is 0 Å². The van der Waals surface area contributed by atoms with Crippen LogP contribution in [0.5, 0.6) is 0 Å². The topological polar surface area (TPSA) is 64.3 Å². The van der Waals surface area contributed by atoms with E-state index in [-0.39, 0.29) is 11.9 Å². The summed E-state index contributed by atoms with van der Waals surface area (Å²) >= 11 is 0. The maximum absolute atomic E-state index is 13.8. The molecule has 0 saturated carbocycles. The number of aryl methyl sites for hydroxylation is 1. The van der Waals surface area contributed by atoms with Gasteiger partial charge in [-0.2, -0.15) is 0 Å². The standard InChI is InChI=1S/C29H28FN5O/c1-19-23(6-4-14-31-19)33-25-17-27-29(18-26(25)32-21-12-15-36-16-13-21)35(22-10-8-20(30)9-11-22)28-7-3-2-5-24(28)34-27/h4-11,14,17-18,21,33H,2-3,12-13,15-16H2,1H3.